The molecular weight excluding hydrogens is 202 g/mol. The van der Waals surface area contributed by atoms with Gasteiger partial charge >= 0.3 is 0 Å². The van der Waals surface area contributed by atoms with E-state index in [1.54, 1.807) is 11.8 Å². The minimum Gasteiger partial charge on any atom is -0.309 e. The molecule has 1 unspecified atom stereocenters. The lowest BCUT2D eigenvalue weighted by atomic mass is 10.1. The minimum atomic E-state index is 0.370. The van der Waals surface area contributed by atoms with E-state index in [1.807, 2.05) is 0 Å². The van der Waals surface area contributed by atoms with E-state index in [-0.39, 0.29) is 0 Å². The summed E-state index contributed by atoms with van der Waals surface area (Å²) in [6.07, 6.45) is 8.07. The molecule has 0 saturated heterocycles. The number of hydrogen-bond acceptors (Lipinski definition) is 2. The Kier molecular flexibility index (Phi) is 5.31. The third-order valence-electron chi connectivity index (χ3n) is 2.34. The summed E-state index contributed by atoms with van der Waals surface area (Å²) >= 11 is 1.76. The van der Waals surface area contributed by atoms with Crippen LogP contribution in [0.2, 0.25) is 0 Å². The number of nitrogens with one attached hydrogen (secondary N) is 1. The van der Waals surface area contributed by atoms with Crippen LogP contribution in [0.5, 0.6) is 0 Å². The Morgan fingerprint density at radius 1 is 1.40 bits per heavy atom. The van der Waals surface area contributed by atoms with Gasteiger partial charge < -0.3 is 5.32 Å². The quantitative estimate of drug-likeness (QED) is 0.464. The maximum absolute atomic E-state index is 5.20. The number of hydrogen-bond donors (Lipinski definition) is 1. The summed E-state index contributed by atoms with van der Waals surface area (Å²) in [6.45, 7) is 3.03. The predicted molar refractivity (Wildman–Crippen MR) is 68.1 cm³/mol. The van der Waals surface area contributed by atoms with E-state index >= 15 is 0 Å². The molecule has 0 heterocycles. The zero-order valence-corrected chi connectivity index (χ0v) is 10.1. The molecule has 2 heteroatoms. The third-order valence-corrected chi connectivity index (χ3v) is 3.08. The molecule has 1 N–H and O–H groups in total. The van der Waals surface area contributed by atoms with Crippen LogP contribution >= 0.6 is 11.8 Å². The Hall–Kier alpha value is -0.910. The Balaban J connectivity index is 2.51. The van der Waals surface area contributed by atoms with E-state index in [9.17, 15) is 0 Å². The molecule has 0 aliphatic carbocycles. The molecule has 0 saturated carbocycles. The Morgan fingerprint density at radius 2 is 2.07 bits per heavy atom. The molecule has 0 aromatic heterocycles. The van der Waals surface area contributed by atoms with Gasteiger partial charge in [-0.25, -0.2) is 0 Å². The van der Waals surface area contributed by atoms with E-state index < -0.39 is 0 Å². The normalized spacial score (nSPS) is 12.1. The van der Waals surface area contributed by atoms with Crippen molar-refractivity contribution in [2.45, 2.75) is 24.3 Å². The lowest BCUT2D eigenvalue weighted by Crippen LogP contribution is -2.19. The average molecular weight is 219 g/mol. The van der Waals surface area contributed by atoms with Crippen LogP contribution in [0.25, 0.3) is 0 Å². The van der Waals surface area contributed by atoms with Gasteiger partial charge in [0.05, 0.1) is 0 Å². The molecule has 0 aliphatic heterocycles. The van der Waals surface area contributed by atoms with Gasteiger partial charge in [-0.05, 0) is 30.9 Å². The summed E-state index contributed by atoms with van der Waals surface area (Å²) in [5, 5.41) is 3.39. The van der Waals surface area contributed by atoms with Crippen molar-refractivity contribution in [1.82, 2.24) is 5.32 Å². The van der Waals surface area contributed by atoms with E-state index in [1.165, 1.54) is 10.5 Å². The van der Waals surface area contributed by atoms with Crippen LogP contribution in [-0.4, -0.2) is 12.8 Å². The van der Waals surface area contributed by atoms with Gasteiger partial charge in [-0.2, -0.15) is 0 Å². The molecule has 0 spiro atoms. The van der Waals surface area contributed by atoms with Crippen molar-refractivity contribution in [2.24, 2.45) is 0 Å². The number of rotatable bonds is 5. The average Bonchev–Trinajstić information content (AvgIpc) is 2.29. The molecule has 80 valence electrons. The smallest absolute Gasteiger partial charge is 0.0292 e. The summed E-state index contributed by atoms with van der Waals surface area (Å²) in [4.78, 5) is 1.30. The van der Waals surface area contributed by atoms with Gasteiger partial charge in [-0.1, -0.05) is 12.1 Å². The first-order valence-corrected chi connectivity index (χ1v) is 6.31. The minimum absolute atomic E-state index is 0.370. The fourth-order valence-corrected chi connectivity index (χ4v) is 1.78. The van der Waals surface area contributed by atoms with E-state index in [2.05, 4.69) is 48.7 Å². The molecule has 1 aromatic carbocycles. The summed E-state index contributed by atoms with van der Waals surface area (Å²) in [7, 11) is 0. The van der Waals surface area contributed by atoms with Crippen LogP contribution in [-0.2, 0) is 0 Å². The molecule has 15 heavy (non-hydrogen) atoms. The SMILES string of the molecule is C#CCCNC(C)c1ccc(SC)cc1. The van der Waals surface area contributed by atoms with Crippen molar-refractivity contribution in [1.29, 1.82) is 0 Å². The summed E-state index contributed by atoms with van der Waals surface area (Å²) in [6, 6.07) is 9.01. The first-order valence-electron chi connectivity index (χ1n) is 5.08. The van der Waals surface area contributed by atoms with Crippen LogP contribution in [0.15, 0.2) is 29.2 Å². The van der Waals surface area contributed by atoms with Gasteiger partial charge in [0.2, 0.25) is 0 Å². The van der Waals surface area contributed by atoms with E-state index in [4.69, 9.17) is 6.42 Å². The maximum atomic E-state index is 5.20. The lowest BCUT2D eigenvalue weighted by molar-refractivity contribution is 0.584. The molecule has 0 bridgehead atoms. The van der Waals surface area contributed by atoms with Crippen molar-refractivity contribution in [3.05, 3.63) is 29.8 Å². The van der Waals surface area contributed by atoms with Gasteiger partial charge in [0, 0.05) is 23.9 Å². The molecule has 1 nitrogen and oxygen atoms in total. The molecule has 1 rings (SSSR count). The highest BCUT2D eigenvalue weighted by molar-refractivity contribution is 7.98. The second-order valence-corrected chi connectivity index (χ2v) is 4.28. The van der Waals surface area contributed by atoms with Crippen LogP contribution in [0.4, 0.5) is 0 Å². The van der Waals surface area contributed by atoms with Gasteiger partial charge in [0.15, 0.2) is 0 Å². The van der Waals surface area contributed by atoms with Crippen molar-refractivity contribution >= 4 is 11.8 Å². The summed E-state index contributed by atoms with van der Waals surface area (Å²) < 4.78 is 0. The predicted octanol–water partition coefficient (Wildman–Crippen LogP) is 3.08. The Morgan fingerprint density at radius 3 is 2.60 bits per heavy atom. The van der Waals surface area contributed by atoms with Crippen LogP contribution in [0.1, 0.15) is 24.9 Å². The monoisotopic (exact) mass is 219 g/mol. The van der Waals surface area contributed by atoms with Crippen LogP contribution < -0.4 is 5.32 Å². The zero-order chi connectivity index (χ0) is 11.1. The fraction of sp³-hybridized carbons (Fsp3) is 0.385. The highest BCUT2D eigenvalue weighted by Gasteiger charge is 2.03. The molecule has 0 radical (unpaired) electrons. The number of benzene rings is 1. The van der Waals surface area contributed by atoms with Crippen molar-refractivity contribution in [3.8, 4) is 12.3 Å². The Bertz CT molecular complexity index is 323. The highest BCUT2D eigenvalue weighted by Crippen LogP contribution is 2.18. The van der Waals surface area contributed by atoms with Crippen LogP contribution in [0, 0.1) is 12.3 Å². The van der Waals surface area contributed by atoms with Crippen LogP contribution in [0.3, 0.4) is 0 Å². The van der Waals surface area contributed by atoms with Gasteiger partial charge in [-0.3, -0.25) is 0 Å². The van der Waals surface area contributed by atoms with Gasteiger partial charge in [0.25, 0.3) is 0 Å². The lowest BCUT2D eigenvalue weighted by Gasteiger charge is -2.13. The van der Waals surface area contributed by atoms with Gasteiger partial charge in [0.1, 0.15) is 0 Å². The molecule has 1 aromatic rings. The maximum Gasteiger partial charge on any atom is 0.0292 e. The second-order valence-electron chi connectivity index (χ2n) is 3.40. The third kappa shape index (κ3) is 3.99. The first-order chi connectivity index (χ1) is 7.27. The topological polar surface area (TPSA) is 12.0 Å². The zero-order valence-electron chi connectivity index (χ0n) is 9.29. The van der Waals surface area contributed by atoms with Crippen molar-refractivity contribution in [3.63, 3.8) is 0 Å². The number of terminal acetylenes is 1. The highest BCUT2D eigenvalue weighted by atomic mass is 32.2. The molecule has 0 amide bonds. The number of thioether (sulfide) groups is 1. The molecule has 0 fully saturated rings. The first kappa shape index (κ1) is 12.2. The van der Waals surface area contributed by atoms with E-state index in [0.29, 0.717) is 6.04 Å². The molecule has 1 atom stereocenters. The molecular formula is C13H17NS. The molecule has 0 aliphatic rings. The van der Waals surface area contributed by atoms with Crippen molar-refractivity contribution in [2.75, 3.05) is 12.8 Å². The summed E-state index contributed by atoms with van der Waals surface area (Å²) in [5.74, 6) is 2.63. The standard InChI is InChI=1S/C13H17NS/c1-4-5-10-14-11(2)12-6-8-13(15-3)9-7-12/h1,6-9,11,14H,5,10H2,2-3H3. The Labute approximate surface area is 96.7 Å². The van der Waals surface area contributed by atoms with E-state index in [0.717, 1.165) is 13.0 Å². The second kappa shape index (κ2) is 6.55. The fourth-order valence-electron chi connectivity index (χ4n) is 1.37. The van der Waals surface area contributed by atoms with Gasteiger partial charge in [-0.15, -0.1) is 24.1 Å². The largest absolute Gasteiger partial charge is 0.309 e. The van der Waals surface area contributed by atoms with Crippen molar-refractivity contribution < 1.29 is 0 Å². The summed E-state index contributed by atoms with van der Waals surface area (Å²) in [5.41, 5.74) is 1.31.